The van der Waals surface area contributed by atoms with Gasteiger partial charge in [-0.25, -0.2) is 15.8 Å². The van der Waals surface area contributed by atoms with Crippen molar-refractivity contribution in [1.29, 1.82) is 0 Å². The van der Waals surface area contributed by atoms with Crippen molar-refractivity contribution in [2.24, 2.45) is 5.84 Å². The van der Waals surface area contributed by atoms with E-state index in [1.165, 1.54) is 0 Å². The highest BCUT2D eigenvalue weighted by Crippen LogP contribution is 2.28. The lowest BCUT2D eigenvalue weighted by Gasteiger charge is -2.07. The molecule has 0 fully saturated rings. The molecule has 1 aromatic heterocycles. The van der Waals surface area contributed by atoms with Crippen LogP contribution >= 0.6 is 27.7 Å². The van der Waals surface area contributed by atoms with Crippen LogP contribution in [0.15, 0.2) is 44.7 Å². The van der Waals surface area contributed by atoms with E-state index < -0.39 is 0 Å². The van der Waals surface area contributed by atoms with Crippen molar-refractivity contribution >= 4 is 33.5 Å². The first-order valence-electron chi connectivity index (χ1n) is 5.99. The third-order valence-electron chi connectivity index (χ3n) is 2.41. The predicted octanol–water partition coefficient (Wildman–Crippen LogP) is 3.63. The maximum atomic E-state index is 5.44. The highest BCUT2D eigenvalue weighted by atomic mass is 79.9. The molecule has 0 aliphatic carbocycles. The average molecular weight is 339 g/mol. The molecule has 0 radical (unpaired) electrons. The van der Waals surface area contributed by atoms with Gasteiger partial charge in [0, 0.05) is 21.9 Å². The Bertz CT molecular complexity index is 545. The number of nitrogen functional groups attached to an aromatic ring is 1. The number of aromatic nitrogens is 2. The van der Waals surface area contributed by atoms with Crippen LogP contribution in [-0.4, -0.2) is 9.97 Å². The molecular formula is C13H15BrN4S. The van der Waals surface area contributed by atoms with Gasteiger partial charge in [-0.05, 0) is 30.7 Å². The number of hydrogen-bond acceptors (Lipinski definition) is 5. The van der Waals surface area contributed by atoms with Crippen molar-refractivity contribution in [3.8, 4) is 0 Å². The molecule has 1 heterocycles. The van der Waals surface area contributed by atoms with Gasteiger partial charge in [-0.1, -0.05) is 34.6 Å². The summed E-state index contributed by atoms with van der Waals surface area (Å²) in [5.74, 6) is 6.91. The molecule has 0 spiro atoms. The van der Waals surface area contributed by atoms with E-state index >= 15 is 0 Å². The van der Waals surface area contributed by atoms with Gasteiger partial charge in [-0.15, -0.1) is 0 Å². The minimum atomic E-state index is 0.651. The standard InChI is InChI=1S/C13H15BrN4S/c1-2-3-11-16-12(18-15)8-13(17-11)19-10-6-4-9(14)5-7-10/h4-8H,2-3,15H2,1H3,(H,16,17,18). The van der Waals surface area contributed by atoms with Gasteiger partial charge in [0.15, 0.2) is 0 Å². The zero-order chi connectivity index (χ0) is 13.7. The van der Waals surface area contributed by atoms with Gasteiger partial charge in [-0.2, -0.15) is 0 Å². The minimum absolute atomic E-state index is 0.651. The summed E-state index contributed by atoms with van der Waals surface area (Å²) in [5.41, 5.74) is 2.59. The molecule has 6 heteroatoms. The summed E-state index contributed by atoms with van der Waals surface area (Å²) in [5, 5.41) is 0.897. The first kappa shape index (κ1) is 14.3. The van der Waals surface area contributed by atoms with Crippen LogP contribution in [0.25, 0.3) is 0 Å². The number of anilines is 1. The van der Waals surface area contributed by atoms with Gasteiger partial charge in [0.05, 0.1) is 0 Å². The number of hydrogen-bond donors (Lipinski definition) is 2. The molecule has 0 saturated carbocycles. The van der Waals surface area contributed by atoms with E-state index in [0.717, 1.165) is 33.1 Å². The van der Waals surface area contributed by atoms with E-state index in [0.29, 0.717) is 5.82 Å². The number of halogens is 1. The summed E-state index contributed by atoms with van der Waals surface area (Å²) in [6.45, 7) is 2.10. The Kier molecular flexibility index (Phi) is 5.18. The molecule has 0 aliphatic heterocycles. The summed E-state index contributed by atoms with van der Waals surface area (Å²) in [7, 11) is 0. The molecule has 4 nitrogen and oxygen atoms in total. The van der Waals surface area contributed by atoms with Crippen LogP contribution in [0.2, 0.25) is 0 Å². The molecule has 0 saturated heterocycles. The lowest BCUT2D eigenvalue weighted by atomic mass is 10.3. The molecule has 3 N–H and O–H groups in total. The van der Waals surface area contributed by atoms with Crippen LogP contribution < -0.4 is 11.3 Å². The topological polar surface area (TPSA) is 63.8 Å². The van der Waals surface area contributed by atoms with Crippen LogP contribution in [-0.2, 0) is 6.42 Å². The number of benzene rings is 1. The van der Waals surface area contributed by atoms with E-state index in [1.807, 2.05) is 30.3 Å². The quantitative estimate of drug-likeness (QED) is 0.495. The Balaban J connectivity index is 2.23. The Morgan fingerprint density at radius 1 is 1.26 bits per heavy atom. The maximum absolute atomic E-state index is 5.44. The molecule has 2 rings (SSSR count). The highest BCUT2D eigenvalue weighted by molar-refractivity contribution is 9.10. The molecule has 0 bridgehead atoms. The van der Waals surface area contributed by atoms with Crippen molar-refractivity contribution < 1.29 is 0 Å². The van der Waals surface area contributed by atoms with Crippen molar-refractivity contribution in [2.75, 3.05) is 5.43 Å². The second-order valence-electron chi connectivity index (χ2n) is 3.96. The smallest absolute Gasteiger partial charge is 0.144 e. The third kappa shape index (κ3) is 4.19. The zero-order valence-corrected chi connectivity index (χ0v) is 13.0. The van der Waals surface area contributed by atoms with Crippen LogP contribution in [0.4, 0.5) is 5.82 Å². The SMILES string of the molecule is CCCc1nc(NN)cc(Sc2ccc(Br)cc2)n1. The number of aryl methyl sites for hydroxylation is 1. The van der Waals surface area contributed by atoms with E-state index in [1.54, 1.807) is 11.8 Å². The highest BCUT2D eigenvalue weighted by Gasteiger charge is 2.05. The Hall–Kier alpha value is -1.11. The average Bonchev–Trinajstić information content (AvgIpc) is 2.41. The zero-order valence-electron chi connectivity index (χ0n) is 10.6. The summed E-state index contributed by atoms with van der Waals surface area (Å²) in [4.78, 5) is 9.99. The van der Waals surface area contributed by atoms with Crippen molar-refractivity contribution in [3.63, 3.8) is 0 Å². The Morgan fingerprint density at radius 3 is 2.63 bits per heavy atom. The number of rotatable bonds is 5. The molecule has 0 aliphatic rings. The second kappa shape index (κ2) is 6.88. The Morgan fingerprint density at radius 2 is 2.00 bits per heavy atom. The lowest BCUT2D eigenvalue weighted by Crippen LogP contribution is -2.10. The predicted molar refractivity (Wildman–Crippen MR) is 82.1 cm³/mol. The van der Waals surface area contributed by atoms with Crippen LogP contribution in [0.1, 0.15) is 19.2 Å². The van der Waals surface area contributed by atoms with Crippen molar-refractivity contribution in [1.82, 2.24) is 9.97 Å². The van der Waals surface area contributed by atoms with Gasteiger partial charge in [-0.3, -0.25) is 0 Å². The fourth-order valence-corrected chi connectivity index (χ4v) is 2.66. The molecule has 0 amide bonds. The van der Waals surface area contributed by atoms with Gasteiger partial charge in [0.1, 0.15) is 16.7 Å². The number of hydrazine groups is 1. The Labute approximate surface area is 125 Å². The van der Waals surface area contributed by atoms with E-state index in [4.69, 9.17) is 5.84 Å². The number of nitrogens with two attached hydrogens (primary N) is 1. The van der Waals surface area contributed by atoms with Crippen LogP contribution in [0, 0.1) is 0 Å². The third-order valence-corrected chi connectivity index (χ3v) is 3.86. The van der Waals surface area contributed by atoms with Gasteiger partial charge in [0.2, 0.25) is 0 Å². The van der Waals surface area contributed by atoms with Crippen molar-refractivity contribution in [2.45, 2.75) is 29.7 Å². The summed E-state index contributed by atoms with van der Waals surface area (Å²) in [6, 6.07) is 9.97. The maximum Gasteiger partial charge on any atom is 0.144 e. The minimum Gasteiger partial charge on any atom is -0.308 e. The second-order valence-corrected chi connectivity index (χ2v) is 5.97. The largest absolute Gasteiger partial charge is 0.308 e. The first-order chi connectivity index (χ1) is 9.21. The number of nitrogens with one attached hydrogen (secondary N) is 1. The molecule has 100 valence electrons. The van der Waals surface area contributed by atoms with E-state index in [2.05, 4.69) is 38.2 Å². The molecule has 1 aromatic carbocycles. The van der Waals surface area contributed by atoms with Gasteiger partial charge >= 0.3 is 0 Å². The summed E-state index contributed by atoms with van der Waals surface area (Å²) >= 11 is 5.02. The van der Waals surface area contributed by atoms with Crippen LogP contribution in [0.5, 0.6) is 0 Å². The van der Waals surface area contributed by atoms with Gasteiger partial charge < -0.3 is 5.43 Å². The summed E-state index contributed by atoms with van der Waals surface area (Å²) < 4.78 is 1.07. The number of nitrogens with zero attached hydrogens (tertiary/aromatic N) is 2. The summed E-state index contributed by atoms with van der Waals surface area (Å²) in [6.07, 6.45) is 1.86. The monoisotopic (exact) mass is 338 g/mol. The molecule has 0 unspecified atom stereocenters. The molecule has 0 atom stereocenters. The van der Waals surface area contributed by atoms with Gasteiger partial charge in [0.25, 0.3) is 0 Å². The molecule has 19 heavy (non-hydrogen) atoms. The van der Waals surface area contributed by atoms with E-state index in [9.17, 15) is 0 Å². The molecule has 2 aromatic rings. The van der Waals surface area contributed by atoms with Crippen LogP contribution in [0.3, 0.4) is 0 Å². The first-order valence-corrected chi connectivity index (χ1v) is 7.60. The normalized spacial score (nSPS) is 10.5. The fraction of sp³-hybridized carbons (Fsp3) is 0.231. The molecular weight excluding hydrogens is 324 g/mol. The lowest BCUT2D eigenvalue weighted by molar-refractivity contribution is 0.810. The van der Waals surface area contributed by atoms with Crippen molar-refractivity contribution in [3.05, 3.63) is 40.6 Å². The van der Waals surface area contributed by atoms with E-state index in [-0.39, 0.29) is 0 Å². The fourth-order valence-electron chi connectivity index (χ4n) is 1.56.